The Morgan fingerprint density at radius 1 is 1.40 bits per heavy atom. The van der Waals surface area contributed by atoms with Crippen LogP contribution in [0.5, 0.6) is 0 Å². The van der Waals surface area contributed by atoms with E-state index in [0.29, 0.717) is 18.6 Å². The number of ketones is 1. The lowest BCUT2D eigenvalue weighted by atomic mass is 9.97. The molecular weight excluding hydrogens is 196 g/mol. The van der Waals surface area contributed by atoms with Crippen LogP contribution < -0.4 is 0 Å². The summed E-state index contributed by atoms with van der Waals surface area (Å²) >= 11 is 0. The monoisotopic (exact) mass is 214 g/mol. The second-order valence-corrected chi connectivity index (χ2v) is 4.09. The van der Waals surface area contributed by atoms with Gasteiger partial charge in [-0.15, -0.1) is 0 Å². The van der Waals surface area contributed by atoms with Gasteiger partial charge in [0.25, 0.3) is 0 Å². The topological polar surface area (TPSA) is 52.6 Å². The molecule has 0 amide bonds. The van der Waals surface area contributed by atoms with Gasteiger partial charge in [0.05, 0.1) is 12.2 Å². The summed E-state index contributed by atoms with van der Waals surface area (Å²) in [5.41, 5.74) is 0. The molecule has 0 aromatic heterocycles. The SMILES string of the molecule is CC(C)OC(=O)COC1CCC(=O)CC1. The van der Waals surface area contributed by atoms with Crippen LogP contribution in [-0.4, -0.2) is 30.6 Å². The molecule has 4 nitrogen and oxygen atoms in total. The molecule has 1 rings (SSSR count). The maximum absolute atomic E-state index is 11.1. The van der Waals surface area contributed by atoms with E-state index in [4.69, 9.17) is 9.47 Å². The van der Waals surface area contributed by atoms with Crippen LogP contribution in [0.25, 0.3) is 0 Å². The standard InChI is InChI=1S/C11H18O4/c1-8(2)15-11(13)7-14-10-5-3-9(12)4-6-10/h8,10H,3-7H2,1-2H3. The first-order valence-corrected chi connectivity index (χ1v) is 5.40. The van der Waals surface area contributed by atoms with Gasteiger partial charge in [-0.1, -0.05) is 0 Å². The van der Waals surface area contributed by atoms with E-state index in [0.717, 1.165) is 12.8 Å². The average molecular weight is 214 g/mol. The van der Waals surface area contributed by atoms with Crippen molar-refractivity contribution in [2.75, 3.05) is 6.61 Å². The zero-order valence-electron chi connectivity index (χ0n) is 9.32. The first kappa shape index (κ1) is 12.2. The molecule has 0 heterocycles. The molecule has 15 heavy (non-hydrogen) atoms. The molecule has 0 atom stereocenters. The van der Waals surface area contributed by atoms with Crippen LogP contribution in [0, 0.1) is 0 Å². The minimum absolute atomic E-state index is 0.00294. The molecular formula is C11H18O4. The summed E-state index contributed by atoms with van der Waals surface area (Å²) < 4.78 is 10.3. The van der Waals surface area contributed by atoms with Crippen molar-refractivity contribution in [1.29, 1.82) is 0 Å². The van der Waals surface area contributed by atoms with Gasteiger partial charge in [-0.3, -0.25) is 4.79 Å². The van der Waals surface area contributed by atoms with Crippen molar-refractivity contribution in [1.82, 2.24) is 0 Å². The zero-order chi connectivity index (χ0) is 11.3. The predicted octanol–water partition coefficient (Wildman–Crippen LogP) is 1.47. The summed E-state index contributed by atoms with van der Waals surface area (Å²) in [7, 11) is 0. The van der Waals surface area contributed by atoms with Crippen molar-refractivity contribution in [3.05, 3.63) is 0 Å². The summed E-state index contributed by atoms with van der Waals surface area (Å²) in [6.45, 7) is 3.60. The van der Waals surface area contributed by atoms with E-state index in [1.165, 1.54) is 0 Å². The quantitative estimate of drug-likeness (QED) is 0.665. The number of hydrogen-bond acceptors (Lipinski definition) is 4. The third-order valence-electron chi connectivity index (χ3n) is 2.29. The Morgan fingerprint density at radius 2 is 2.00 bits per heavy atom. The first-order chi connectivity index (χ1) is 7.08. The maximum Gasteiger partial charge on any atom is 0.332 e. The highest BCUT2D eigenvalue weighted by atomic mass is 16.6. The van der Waals surface area contributed by atoms with Crippen molar-refractivity contribution in [3.8, 4) is 0 Å². The predicted molar refractivity (Wildman–Crippen MR) is 54.4 cm³/mol. The molecule has 0 N–H and O–H groups in total. The van der Waals surface area contributed by atoms with Crippen molar-refractivity contribution < 1.29 is 19.1 Å². The van der Waals surface area contributed by atoms with E-state index in [1.54, 1.807) is 13.8 Å². The molecule has 0 saturated heterocycles. The van der Waals surface area contributed by atoms with Crippen molar-refractivity contribution in [2.24, 2.45) is 0 Å². The molecule has 1 aliphatic carbocycles. The fraction of sp³-hybridized carbons (Fsp3) is 0.818. The van der Waals surface area contributed by atoms with Crippen LogP contribution in [0.4, 0.5) is 0 Å². The Labute approximate surface area is 89.9 Å². The van der Waals surface area contributed by atoms with E-state index in [9.17, 15) is 9.59 Å². The van der Waals surface area contributed by atoms with E-state index in [-0.39, 0.29) is 24.8 Å². The number of carbonyl (C=O) groups excluding carboxylic acids is 2. The van der Waals surface area contributed by atoms with Crippen LogP contribution in [-0.2, 0) is 19.1 Å². The number of esters is 1. The molecule has 4 heteroatoms. The Kier molecular flexibility index (Phi) is 4.75. The summed E-state index contributed by atoms with van der Waals surface area (Å²) in [5.74, 6) is -0.0403. The molecule has 0 bridgehead atoms. The third kappa shape index (κ3) is 4.93. The summed E-state index contributed by atoms with van der Waals surface area (Å²) in [6, 6.07) is 0. The van der Waals surface area contributed by atoms with Crippen LogP contribution in [0.3, 0.4) is 0 Å². The molecule has 1 fully saturated rings. The van der Waals surface area contributed by atoms with E-state index < -0.39 is 0 Å². The van der Waals surface area contributed by atoms with Gasteiger partial charge >= 0.3 is 5.97 Å². The number of ether oxygens (including phenoxy) is 2. The molecule has 1 aliphatic rings. The van der Waals surface area contributed by atoms with E-state index >= 15 is 0 Å². The van der Waals surface area contributed by atoms with Crippen molar-refractivity contribution in [2.45, 2.75) is 51.7 Å². The fourth-order valence-electron chi connectivity index (χ4n) is 1.56. The van der Waals surface area contributed by atoms with Crippen LogP contribution in [0.1, 0.15) is 39.5 Å². The highest BCUT2D eigenvalue weighted by molar-refractivity contribution is 5.79. The van der Waals surface area contributed by atoms with Crippen LogP contribution in [0.15, 0.2) is 0 Å². The highest BCUT2D eigenvalue weighted by Gasteiger charge is 2.20. The molecule has 0 spiro atoms. The van der Waals surface area contributed by atoms with Gasteiger partial charge in [-0.25, -0.2) is 4.79 Å². The van der Waals surface area contributed by atoms with Gasteiger partial charge in [-0.05, 0) is 26.7 Å². The van der Waals surface area contributed by atoms with Gasteiger partial charge in [0, 0.05) is 12.8 Å². The van der Waals surface area contributed by atoms with Crippen LogP contribution in [0.2, 0.25) is 0 Å². The fourth-order valence-corrected chi connectivity index (χ4v) is 1.56. The molecule has 0 radical (unpaired) electrons. The van der Waals surface area contributed by atoms with Gasteiger partial charge in [-0.2, -0.15) is 0 Å². The smallest absolute Gasteiger partial charge is 0.332 e. The number of rotatable bonds is 4. The molecule has 1 saturated carbocycles. The van der Waals surface area contributed by atoms with E-state index in [2.05, 4.69) is 0 Å². The summed E-state index contributed by atoms with van der Waals surface area (Å²) in [6.07, 6.45) is 2.55. The molecule has 0 aromatic carbocycles. The van der Waals surface area contributed by atoms with E-state index in [1.807, 2.05) is 0 Å². The van der Waals surface area contributed by atoms with Crippen molar-refractivity contribution >= 4 is 11.8 Å². The average Bonchev–Trinajstić information content (AvgIpc) is 2.16. The lowest BCUT2D eigenvalue weighted by Gasteiger charge is -2.21. The number of hydrogen-bond donors (Lipinski definition) is 0. The highest BCUT2D eigenvalue weighted by Crippen LogP contribution is 2.17. The van der Waals surface area contributed by atoms with Gasteiger partial charge < -0.3 is 9.47 Å². The normalized spacial score (nSPS) is 18.2. The van der Waals surface area contributed by atoms with Gasteiger partial charge in [0.1, 0.15) is 12.4 Å². The largest absolute Gasteiger partial charge is 0.461 e. The Balaban J connectivity index is 2.14. The lowest BCUT2D eigenvalue weighted by Crippen LogP contribution is -2.26. The summed E-state index contributed by atoms with van der Waals surface area (Å²) in [4.78, 5) is 22.1. The number of carbonyl (C=O) groups is 2. The molecule has 0 aromatic rings. The Hall–Kier alpha value is -0.900. The summed E-state index contributed by atoms with van der Waals surface area (Å²) in [5, 5.41) is 0. The van der Waals surface area contributed by atoms with Gasteiger partial charge in [0.15, 0.2) is 0 Å². The zero-order valence-corrected chi connectivity index (χ0v) is 9.32. The van der Waals surface area contributed by atoms with Gasteiger partial charge in [0.2, 0.25) is 0 Å². The molecule has 0 aliphatic heterocycles. The third-order valence-corrected chi connectivity index (χ3v) is 2.29. The Morgan fingerprint density at radius 3 is 2.53 bits per heavy atom. The first-order valence-electron chi connectivity index (χ1n) is 5.40. The molecule has 86 valence electrons. The van der Waals surface area contributed by atoms with Crippen molar-refractivity contribution in [3.63, 3.8) is 0 Å². The maximum atomic E-state index is 11.1. The second kappa shape index (κ2) is 5.85. The Bertz CT molecular complexity index is 225. The minimum Gasteiger partial charge on any atom is -0.461 e. The number of Topliss-reactive ketones (excluding diaryl/α,β-unsaturated/α-hetero) is 1. The molecule has 0 unspecified atom stereocenters. The van der Waals surface area contributed by atoms with Crippen LogP contribution >= 0.6 is 0 Å². The minimum atomic E-state index is -0.332. The lowest BCUT2D eigenvalue weighted by molar-refractivity contribution is -0.155. The second-order valence-electron chi connectivity index (χ2n) is 4.09.